The van der Waals surface area contributed by atoms with Gasteiger partial charge in [0.15, 0.2) is 0 Å². The molecule has 0 saturated heterocycles. The minimum Gasteiger partial charge on any atom is -0.415 e. The van der Waals surface area contributed by atoms with Crippen molar-refractivity contribution in [3.63, 3.8) is 0 Å². The second-order valence-corrected chi connectivity index (χ2v) is 4.90. The van der Waals surface area contributed by atoms with Crippen LogP contribution in [0.5, 0.6) is 0 Å². The van der Waals surface area contributed by atoms with Crippen molar-refractivity contribution in [1.29, 1.82) is 0 Å². The SMILES string of the molecule is CSCc1nnc(SCc2cc(C)on2)o1. The largest absolute Gasteiger partial charge is 0.415 e. The predicted octanol–water partition coefficient (Wildman–Crippen LogP) is 2.52. The Morgan fingerprint density at radius 2 is 2.19 bits per heavy atom. The summed E-state index contributed by atoms with van der Waals surface area (Å²) in [5.41, 5.74) is 0.882. The molecule has 0 radical (unpaired) electrons. The average molecular weight is 257 g/mol. The van der Waals surface area contributed by atoms with E-state index in [1.807, 2.05) is 19.2 Å². The summed E-state index contributed by atoms with van der Waals surface area (Å²) in [4.78, 5) is 0. The molecule has 16 heavy (non-hydrogen) atoms. The van der Waals surface area contributed by atoms with Crippen molar-refractivity contribution >= 4 is 23.5 Å². The van der Waals surface area contributed by atoms with Crippen molar-refractivity contribution in [3.8, 4) is 0 Å². The normalized spacial score (nSPS) is 10.9. The molecule has 0 unspecified atom stereocenters. The molecule has 86 valence electrons. The lowest BCUT2D eigenvalue weighted by atomic mass is 10.4. The molecule has 0 aliphatic heterocycles. The number of aromatic nitrogens is 3. The lowest BCUT2D eigenvalue weighted by Gasteiger charge is -1.90. The number of hydrogen-bond donors (Lipinski definition) is 0. The van der Waals surface area contributed by atoms with Gasteiger partial charge in [-0.15, -0.1) is 10.2 Å². The smallest absolute Gasteiger partial charge is 0.276 e. The summed E-state index contributed by atoms with van der Waals surface area (Å²) < 4.78 is 10.4. The van der Waals surface area contributed by atoms with Crippen molar-refractivity contribution in [2.24, 2.45) is 0 Å². The van der Waals surface area contributed by atoms with Crippen LogP contribution in [0.3, 0.4) is 0 Å². The Kier molecular flexibility index (Phi) is 3.89. The number of nitrogens with zero attached hydrogens (tertiary/aromatic N) is 3. The number of rotatable bonds is 5. The third-order valence-electron chi connectivity index (χ3n) is 1.74. The fourth-order valence-electron chi connectivity index (χ4n) is 1.10. The first-order valence-corrected chi connectivity index (χ1v) is 7.02. The average Bonchev–Trinajstić information content (AvgIpc) is 2.85. The third-order valence-corrected chi connectivity index (χ3v) is 3.12. The maximum absolute atomic E-state index is 5.41. The minimum absolute atomic E-state index is 0.574. The maximum Gasteiger partial charge on any atom is 0.276 e. The molecule has 0 N–H and O–H groups in total. The molecule has 2 aromatic rings. The highest BCUT2D eigenvalue weighted by Gasteiger charge is 2.08. The Bertz CT molecular complexity index is 455. The van der Waals surface area contributed by atoms with Crippen LogP contribution in [-0.4, -0.2) is 21.6 Å². The van der Waals surface area contributed by atoms with Crippen molar-refractivity contribution in [3.05, 3.63) is 23.4 Å². The molecule has 0 aliphatic rings. The van der Waals surface area contributed by atoms with E-state index in [0.717, 1.165) is 17.2 Å². The van der Waals surface area contributed by atoms with Crippen molar-refractivity contribution < 1.29 is 8.94 Å². The lowest BCUT2D eigenvalue weighted by Crippen LogP contribution is -1.79. The van der Waals surface area contributed by atoms with Gasteiger partial charge in [0.25, 0.3) is 5.22 Å². The topological polar surface area (TPSA) is 65.0 Å². The zero-order valence-electron chi connectivity index (χ0n) is 8.97. The summed E-state index contributed by atoms with van der Waals surface area (Å²) in [7, 11) is 0. The standard InChI is InChI=1S/C9H11N3O2S2/c1-6-3-7(12-14-6)4-16-9-11-10-8(13-9)5-15-2/h3H,4-5H2,1-2H3. The van der Waals surface area contributed by atoms with Crippen LogP contribution in [-0.2, 0) is 11.5 Å². The molecule has 0 amide bonds. The van der Waals surface area contributed by atoms with Crippen LogP contribution in [0.4, 0.5) is 0 Å². The van der Waals surface area contributed by atoms with E-state index in [-0.39, 0.29) is 0 Å². The van der Waals surface area contributed by atoms with Crippen LogP contribution in [0.25, 0.3) is 0 Å². The highest BCUT2D eigenvalue weighted by atomic mass is 32.2. The fourth-order valence-corrected chi connectivity index (χ4v) is 2.12. The molecular weight excluding hydrogens is 246 g/mol. The summed E-state index contributed by atoms with van der Waals surface area (Å²) in [5.74, 6) is 2.89. The number of hydrogen-bond acceptors (Lipinski definition) is 7. The van der Waals surface area contributed by atoms with E-state index in [1.54, 1.807) is 11.8 Å². The van der Waals surface area contributed by atoms with Gasteiger partial charge in [0.2, 0.25) is 5.89 Å². The Balaban J connectivity index is 1.89. The third kappa shape index (κ3) is 3.02. The van der Waals surface area contributed by atoms with Crippen LogP contribution in [0.2, 0.25) is 0 Å². The zero-order valence-corrected chi connectivity index (χ0v) is 10.6. The monoisotopic (exact) mass is 257 g/mol. The predicted molar refractivity (Wildman–Crippen MR) is 62.3 cm³/mol. The van der Waals surface area contributed by atoms with Gasteiger partial charge in [-0.3, -0.25) is 0 Å². The first-order valence-electron chi connectivity index (χ1n) is 4.64. The molecule has 0 fully saturated rings. The van der Waals surface area contributed by atoms with Crippen LogP contribution in [0.1, 0.15) is 17.3 Å². The summed E-state index contributed by atoms with van der Waals surface area (Å²) in [5, 5.41) is 12.3. The highest BCUT2D eigenvalue weighted by Crippen LogP contribution is 2.22. The van der Waals surface area contributed by atoms with E-state index in [2.05, 4.69) is 15.4 Å². The molecule has 2 rings (SSSR count). The van der Waals surface area contributed by atoms with Crippen LogP contribution < -0.4 is 0 Å². The molecule has 0 atom stereocenters. The summed E-state index contributed by atoms with van der Waals surface area (Å²) in [6.45, 7) is 1.87. The Hall–Kier alpha value is -0.950. The Morgan fingerprint density at radius 3 is 2.88 bits per heavy atom. The lowest BCUT2D eigenvalue weighted by molar-refractivity contribution is 0.392. The van der Waals surface area contributed by atoms with Crippen LogP contribution in [0.15, 0.2) is 20.2 Å². The first kappa shape index (κ1) is 11.5. The highest BCUT2D eigenvalue weighted by molar-refractivity contribution is 7.98. The summed E-state index contributed by atoms with van der Waals surface area (Å²) in [6, 6.07) is 1.90. The van der Waals surface area contributed by atoms with E-state index < -0.39 is 0 Å². The van der Waals surface area contributed by atoms with Crippen molar-refractivity contribution in [1.82, 2.24) is 15.4 Å². The van der Waals surface area contributed by atoms with Gasteiger partial charge in [0.1, 0.15) is 5.76 Å². The van der Waals surface area contributed by atoms with Gasteiger partial charge < -0.3 is 8.94 Å². The molecule has 0 aliphatic carbocycles. The molecule has 5 nitrogen and oxygen atoms in total. The van der Waals surface area contributed by atoms with Gasteiger partial charge in [-0.05, 0) is 13.2 Å². The maximum atomic E-state index is 5.41. The molecule has 7 heteroatoms. The first-order chi connectivity index (χ1) is 7.78. The zero-order chi connectivity index (χ0) is 11.4. The molecule has 0 spiro atoms. The van der Waals surface area contributed by atoms with Gasteiger partial charge in [-0.25, -0.2) is 0 Å². The number of aryl methyl sites for hydroxylation is 1. The molecule has 0 saturated carbocycles. The van der Waals surface area contributed by atoms with E-state index in [0.29, 0.717) is 16.9 Å². The van der Waals surface area contributed by atoms with Gasteiger partial charge in [-0.1, -0.05) is 16.9 Å². The Morgan fingerprint density at radius 1 is 1.31 bits per heavy atom. The van der Waals surface area contributed by atoms with Crippen LogP contribution in [0, 0.1) is 6.92 Å². The van der Waals surface area contributed by atoms with E-state index in [1.165, 1.54) is 11.8 Å². The van der Waals surface area contributed by atoms with Gasteiger partial charge in [0.05, 0.1) is 11.4 Å². The fraction of sp³-hybridized carbons (Fsp3) is 0.444. The van der Waals surface area contributed by atoms with Crippen molar-refractivity contribution in [2.45, 2.75) is 23.7 Å². The molecule has 0 bridgehead atoms. The summed E-state index contributed by atoms with van der Waals surface area (Å²) in [6.07, 6.45) is 2.00. The summed E-state index contributed by atoms with van der Waals surface area (Å²) >= 11 is 3.11. The van der Waals surface area contributed by atoms with E-state index in [4.69, 9.17) is 8.94 Å². The van der Waals surface area contributed by atoms with E-state index in [9.17, 15) is 0 Å². The number of thioether (sulfide) groups is 2. The second kappa shape index (κ2) is 5.40. The molecular formula is C9H11N3O2S2. The van der Waals surface area contributed by atoms with Crippen molar-refractivity contribution in [2.75, 3.05) is 6.26 Å². The second-order valence-electron chi connectivity index (χ2n) is 3.11. The quantitative estimate of drug-likeness (QED) is 0.762. The Labute approximate surface area is 101 Å². The molecule has 2 aromatic heterocycles. The van der Waals surface area contributed by atoms with Gasteiger partial charge in [0, 0.05) is 11.8 Å². The van der Waals surface area contributed by atoms with Gasteiger partial charge in [-0.2, -0.15) is 11.8 Å². The molecule has 2 heterocycles. The minimum atomic E-state index is 0.574. The van der Waals surface area contributed by atoms with E-state index >= 15 is 0 Å². The van der Waals surface area contributed by atoms with Gasteiger partial charge >= 0.3 is 0 Å². The van der Waals surface area contributed by atoms with Crippen LogP contribution >= 0.6 is 23.5 Å². The molecule has 0 aromatic carbocycles.